The molecule has 0 amide bonds. The molecule has 3 aromatic carbocycles. The molecule has 3 atom stereocenters. The van der Waals surface area contributed by atoms with Crippen LogP contribution in [0.5, 0.6) is 0 Å². The zero-order valence-electron chi connectivity index (χ0n) is 19.2. The molecule has 1 aliphatic carbocycles. The van der Waals surface area contributed by atoms with Gasteiger partial charge in [-0.2, -0.15) is 0 Å². The summed E-state index contributed by atoms with van der Waals surface area (Å²) in [6.45, 7) is 9.99. The molecule has 1 aliphatic rings. The van der Waals surface area contributed by atoms with Crippen LogP contribution in [0.15, 0.2) is 91.0 Å². The van der Waals surface area contributed by atoms with E-state index in [2.05, 4.69) is 86.9 Å². The minimum absolute atomic E-state index is 0.129. The predicted octanol–water partition coefficient (Wildman–Crippen LogP) is 6.25. The van der Waals surface area contributed by atoms with E-state index in [1.54, 1.807) is 0 Å². The van der Waals surface area contributed by atoms with E-state index in [4.69, 9.17) is 0 Å². The standard InChI is InChI=1S/C28H34OSi2/c1-30(2,23-16-10-6-11-17-23)25-20-26(28(29)22-14-8-5-9-15-22)27(21-25)31(3,4)24-18-12-7-13-19-24/h5-19,25-27H,20-21H2,1-4H3/t25-,26-,27-/m0/s1. The van der Waals surface area contributed by atoms with E-state index < -0.39 is 16.1 Å². The summed E-state index contributed by atoms with van der Waals surface area (Å²) in [5.41, 5.74) is 1.99. The molecule has 0 bridgehead atoms. The quantitative estimate of drug-likeness (QED) is 0.326. The first-order valence-electron chi connectivity index (χ1n) is 11.5. The van der Waals surface area contributed by atoms with E-state index in [9.17, 15) is 4.79 Å². The number of hydrogen-bond donors (Lipinski definition) is 0. The Morgan fingerprint density at radius 2 is 1.10 bits per heavy atom. The van der Waals surface area contributed by atoms with Crippen LogP contribution in [0.2, 0.25) is 37.3 Å². The second-order valence-electron chi connectivity index (χ2n) is 10.3. The van der Waals surface area contributed by atoms with Gasteiger partial charge in [-0.05, 0) is 17.5 Å². The summed E-state index contributed by atoms with van der Waals surface area (Å²) in [5, 5.41) is 3.00. The van der Waals surface area contributed by atoms with Crippen LogP contribution in [0.25, 0.3) is 0 Å². The molecule has 31 heavy (non-hydrogen) atoms. The van der Waals surface area contributed by atoms with Crippen molar-refractivity contribution in [2.75, 3.05) is 0 Å². The highest BCUT2D eigenvalue weighted by molar-refractivity contribution is 6.93. The van der Waals surface area contributed by atoms with Crippen molar-refractivity contribution in [2.24, 2.45) is 5.92 Å². The van der Waals surface area contributed by atoms with Crippen LogP contribution in [0.4, 0.5) is 0 Å². The SMILES string of the molecule is C[Si](C)(c1ccccc1)[C@H]1C[C@H](C(=O)c2ccccc2)[C@@H]([Si](C)(C)c2ccccc2)C1. The van der Waals surface area contributed by atoms with Crippen molar-refractivity contribution in [3.05, 3.63) is 96.6 Å². The zero-order chi connectivity index (χ0) is 22.1. The van der Waals surface area contributed by atoms with Gasteiger partial charge >= 0.3 is 0 Å². The number of benzene rings is 3. The molecule has 0 spiro atoms. The second kappa shape index (κ2) is 8.72. The van der Waals surface area contributed by atoms with Crippen LogP contribution < -0.4 is 10.4 Å². The van der Waals surface area contributed by atoms with Crippen LogP contribution in [0, 0.1) is 5.92 Å². The van der Waals surface area contributed by atoms with E-state index in [0.29, 0.717) is 16.9 Å². The fourth-order valence-corrected chi connectivity index (χ4v) is 12.8. The average Bonchev–Trinajstić information content (AvgIpc) is 3.28. The van der Waals surface area contributed by atoms with Gasteiger partial charge in [-0.1, -0.05) is 134 Å². The third-order valence-corrected chi connectivity index (χ3v) is 16.6. The number of rotatable bonds is 6. The van der Waals surface area contributed by atoms with Crippen molar-refractivity contribution in [3.63, 3.8) is 0 Å². The summed E-state index contributed by atoms with van der Waals surface area (Å²) >= 11 is 0. The molecule has 0 saturated heterocycles. The molecule has 1 nitrogen and oxygen atoms in total. The largest absolute Gasteiger partial charge is 0.294 e. The van der Waals surface area contributed by atoms with Crippen molar-refractivity contribution in [1.82, 2.24) is 0 Å². The number of Topliss-reactive ketones (excluding diaryl/α,β-unsaturated/α-hetero) is 1. The fourth-order valence-electron chi connectivity index (χ4n) is 5.72. The summed E-state index contributed by atoms with van der Waals surface area (Å²) in [4.78, 5) is 13.8. The minimum atomic E-state index is -1.83. The van der Waals surface area contributed by atoms with E-state index in [-0.39, 0.29) is 5.92 Å². The summed E-state index contributed by atoms with van der Waals surface area (Å²) in [7, 11) is -3.51. The maximum absolute atomic E-state index is 13.8. The van der Waals surface area contributed by atoms with Crippen LogP contribution in [0.3, 0.4) is 0 Å². The first-order chi connectivity index (χ1) is 14.8. The van der Waals surface area contributed by atoms with Crippen molar-refractivity contribution in [3.8, 4) is 0 Å². The number of ketones is 1. The van der Waals surface area contributed by atoms with E-state index >= 15 is 0 Å². The molecule has 3 aromatic rings. The van der Waals surface area contributed by atoms with Gasteiger partial charge in [0, 0.05) is 11.5 Å². The van der Waals surface area contributed by atoms with Gasteiger partial charge in [-0.15, -0.1) is 0 Å². The van der Waals surface area contributed by atoms with Crippen molar-refractivity contribution < 1.29 is 4.79 Å². The minimum Gasteiger partial charge on any atom is -0.294 e. The first kappa shape index (κ1) is 22.0. The Morgan fingerprint density at radius 3 is 1.61 bits per heavy atom. The Morgan fingerprint density at radius 1 is 0.645 bits per heavy atom. The predicted molar refractivity (Wildman–Crippen MR) is 138 cm³/mol. The monoisotopic (exact) mass is 442 g/mol. The van der Waals surface area contributed by atoms with E-state index in [1.807, 2.05) is 30.3 Å². The first-order valence-corrected chi connectivity index (χ1v) is 17.7. The van der Waals surface area contributed by atoms with Gasteiger partial charge in [0.15, 0.2) is 5.78 Å². The van der Waals surface area contributed by atoms with Crippen molar-refractivity contribution in [2.45, 2.75) is 50.1 Å². The summed E-state index contributed by atoms with van der Waals surface area (Å²) in [6, 6.07) is 32.1. The molecule has 0 aromatic heterocycles. The Kier molecular flexibility index (Phi) is 6.18. The molecule has 0 N–H and O–H groups in total. The summed E-state index contributed by atoms with van der Waals surface area (Å²) < 4.78 is 0. The van der Waals surface area contributed by atoms with Gasteiger partial charge < -0.3 is 0 Å². The van der Waals surface area contributed by atoms with Crippen LogP contribution in [-0.2, 0) is 0 Å². The van der Waals surface area contributed by atoms with Gasteiger partial charge in [0.05, 0.1) is 16.1 Å². The molecule has 1 fully saturated rings. The van der Waals surface area contributed by atoms with Crippen LogP contribution >= 0.6 is 0 Å². The highest BCUT2D eigenvalue weighted by Gasteiger charge is 2.51. The molecule has 160 valence electrons. The lowest BCUT2D eigenvalue weighted by molar-refractivity contribution is 0.0922. The lowest BCUT2D eigenvalue weighted by Gasteiger charge is -2.35. The van der Waals surface area contributed by atoms with Gasteiger partial charge in [0.1, 0.15) is 0 Å². The number of hydrogen-bond acceptors (Lipinski definition) is 1. The van der Waals surface area contributed by atoms with Gasteiger partial charge in [-0.3, -0.25) is 4.79 Å². The highest BCUT2D eigenvalue weighted by atomic mass is 28.3. The highest BCUT2D eigenvalue weighted by Crippen LogP contribution is 2.53. The molecule has 0 radical (unpaired) electrons. The van der Waals surface area contributed by atoms with Crippen LogP contribution in [-0.4, -0.2) is 21.9 Å². The van der Waals surface area contributed by atoms with Crippen molar-refractivity contribution >= 4 is 32.3 Å². The molecule has 0 heterocycles. The van der Waals surface area contributed by atoms with E-state index in [1.165, 1.54) is 16.8 Å². The molecular formula is C28H34OSi2. The third kappa shape index (κ3) is 4.26. The lowest BCUT2D eigenvalue weighted by atomic mass is 9.96. The lowest BCUT2D eigenvalue weighted by Crippen LogP contribution is -2.48. The van der Waals surface area contributed by atoms with Crippen LogP contribution in [0.1, 0.15) is 23.2 Å². The van der Waals surface area contributed by atoms with Gasteiger partial charge in [0.2, 0.25) is 0 Å². The molecule has 0 aliphatic heterocycles. The summed E-state index contributed by atoms with van der Waals surface area (Å²) in [5.74, 6) is 0.493. The smallest absolute Gasteiger partial charge is 0.165 e. The maximum Gasteiger partial charge on any atom is 0.165 e. The van der Waals surface area contributed by atoms with Gasteiger partial charge in [-0.25, -0.2) is 0 Å². The molecule has 4 rings (SSSR count). The second-order valence-corrected chi connectivity index (χ2v) is 19.9. The normalized spacial score (nSPS) is 21.7. The Labute approximate surface area is 189 Å². The maximum atomic E-state index is 13.8. The third-order valence-electron chi connectivity index (χ3n) is 7.94. The topological polar surface area (TPSA) is 17.1 Å². The molecule has 0 unspecified atom stereocenters. The molecule has 3 heteroatoms. The van der Waals surface area contributed by atoms with Gasteiger partial charge in [0.25, 0.3) is 0 Å². The van der Waals surface area contributed by atoms with E-state index in [0.717, 1.165) is 12.0 Å². The Hall–Kier alpha value is -2.24. The molecule has 1 saturated carbocycles. The number of carbonyl (C=O) groups excluding carboxylic acids is 1. The Bertz CT molecular complexity index is 1010. The zero-order valence-corrected chi connectivity index (χ0v) is 21.2. The number of carbonyl (C=O) groups is 1. The fraction of sp³-hybridized carbons (Fsp3) is 0.321. The van der Waals surface area contributed by atoms with Crippen molar-refractivity contribution in [1.29, 1.82) is 0 Å². The Balaban J connectivity index is 1.72. The average molecular weight is 443 g/mol. The molecular weight excluding hydrogens is 408 g/mol. The summed E-state index contributed by atoms with van der Waals surface area (Å²) in [6.07, 6.45) is 2.22.